The molecule has 0 fully saturated rings. The van der Waals surface area contributed by atoms with Crippen LogP contribution < -0.4 is 0 Å². The predicted octanol–water partition coefficient (Wildman–Crippen LogP) is 2.91. The van der Waals surface area contributed by atoms with Gasteiger partial charge in [-0.05, 0) is 18.9 Å². The monoisotopic (exact) mass is 204 g/mol. The van der Waals surface area contributed by atoms with Crippen molar-refractivity contribution in [3.63, 3.8) is 0 Å². The molecule has 0 heterocycles. The van der Waals surface area contributed by atoms with Crippen molar-refractivity contribution < 1.29 is 0 Å². The van der Waals surface area contributed by atoms with Crippen molar-refractivity contribution in [3.05, 3.63) is 22.2 Å². The minimum atomic E-state index is 0.422. The molecule has 1 unspecified atom stereocenters. The van der Waals surface area contributed by atoms with E-state index in [2.05, 4.69) is 47.6 Å². The van der Waals surface area contributed by atoms with Gasteiger partial charge in [-0.15, -0.1) is 0 Å². The number of hydrogen-bond acceptors (Lipinski definition) is 1. The quantitative estimate of drug-likeness (QED) is 0.577. The van der Waals surface area contributed by atoms with Crippen molar-refractivity contribution >= 4 is 28.6 Å². The highest BCUT2D eigenvalue weighted by molar-refractivity contribution is 9.12. The Hall–Kier alpha value is 0.310. The molecule has 0 N–H and O–H groups in total. The van der Waals surface area contributed by atoms with E-state index in [0.717, 1.165) is 6.42 Å². The molecule has 1 aliphatic rings. The third-order valence-electron chi connectivity index (χ3n) is 1.36. The zero-order valence-corrected chi connectivity index (χ0v) is 7.74. The Bertz CT molecular complexity index is 170. The molecule has 1 atom stereocenters. The second-order valence-corrected chi connectivity index (χ2v) is 3.72. The number of hydrogen-bond donors (Lipinski definition) is 1. The van der Waals surface area contributed by atoms with Gasteiger partial charge in [-0.2, -0.15) is 12.6 Å². The number of rotatable bonds is 0. The van der Waals surface area contributed by atoms with Crippen LogP contribution in [0.25, 0.3) is 0 Å². The van der Waals surface area contributed by atoms with Crippen LogP contribution in [0.4, 0.5) is 0 Å². The van der Waals surface area contributed by atoms with Crippen molar-refractivity contribution in [2.75, 3.05) is 0 Å². The minimum absolute atomic E-state index is 0.422. The molecule has 0 amide bonds. The average molecular weight is 205 g/mol. The van der Waals surface area contributed by atoms with Gasteiger partial charge in [0.25, 0.3) is 0 Å². The van der Waals surface area contributed by atoms with Crippen LogP contribution in [0.5, 0.6) is 0 Å². The first kappa shape index (κ1) is 7.42. The molecule has 0 bridgehead atoms. The fourth-order valence-corrected chi connectivity index (χ4v) is 1.47. The van der Waals surface area contributed by atoms with E-state index in [1.165, 1.54) is 10.1 Å². The van der Waals surface area contributed by atoms with Crippen molar-refractivity contribution in [1.29, 1.82) is 0 Å². The first-order valence-electron chi connectivity index (χ1n) is 2.92. The van der Waals surface area contributed by atoms with Crippen LogP contribution in [0.3, 0.4) is 0 Å². The largest absolute Gasteiger partial charge is 0.171 e. The second kappa shape index (κ2) is 2.93. The van der Waals surface area contributed by atoms with E-state index in [1.807, 2.05) is 0 Å². The summed E-state index contributed by atoms with van der Waals surface area (Å²) in [5, 5.41) is 0.422. The molecule has 0 aliphatic heterocycles. The zero-order chi connectivity index (χ0) is 6.85. The molecule has 0 aromatic carbocycles. The third kappa shape index (κ3) is 1.87. The molecular weight excluding hydrogens is 196 g/mol. The predicted molar refractivity (Wildman–Crippen MR) is 48.2 cm³/mol. The molecule has 0 saturated carbocycles. The Morgan fingerprint density at radius 1 is 1.78 bits per heavy atom. The summed E-state index contributed by atoms with van der Waals surface area (Å²) in [6.07, 6.45) is 5.36. The van der Waals surface area contributed by atoms with Crippen LogP contribution in [0.15, 0.2) is 22.2 Å². The molecule has 0 aromatic heterocycles. The van der Waals surface area contributed by atoms with Gasteiger partial charge in [0.2, 0.25) is 0 Å². The summed E-state index contributed by atoms with van der Waals surface area (Å²) < 4.78 is 1.22. The van der Waals surface area contributed by atoms with Gasteiger partial charge in [-0.25, -0.2) is 0 Å². The van der Waals surface area contributed by atoms with E-state index >= 15 is 0 Å². The van der Waals surface area contributed by atoms with E-state index in [9.17, 15) is 0 Å². The summed E-state index contributed by atoms with van der Waals surface area (Å²) in [5.74, 6) is 0. The summed E-state index contributed by atoms with van der Waals surface area (Å²) in [7, 11) is 0. The van der Waals surface area contributed by atoms with Gasteiger partial charge < -0.3 is 0 Å². The average Bonchev–Trinajstić information content (AvgIpc) is 1.80. The van der Waals surface area contributed by atoms with E-state index in [0.29, 0.717) is 5.25 Å². The van der Waals surface area contributed by atoms with Crippen molar-refractivity contribution in [2.45, 2.75) is 18.6 Å². The fraction of sp³-hybridized carbons (Fsp3) is 0.429. The van der Waals surface area contributed by atoms with E-state index < -0.39 is 0 Å². The van der Waals surface area contributed by atoms with Crippen molar-refractivity contribution in [1.82, 2.24) is 0 Å². The zero-order valence-electron chi connectivity index (χ0n) is 5.26. The molecule has 50 valence electrons. The van der Waals surface area contributed by atoms with Gasteiger partial charge in [0, 0.05) is 9.73 Å². The highest BCUT2D eigenvalue weighted by Crippen LogP contribution is 2.25. The Morgan fingerprint density at radius 2 is 2.44 bits per heavy atom. The Balaban J connectivity index is 2.75. The van der Waals surface area contributed by atoms with E-state index in [4.69, 9.17) is 0 Å². The lowest BCUT2D eigenvalue weighted by Crippen LogP contribution is -1.98. The molecule has 0 aromatic rings. The summed E-state index contributed by atoms with van der Waals surface area (Å²) in [4.78, 5) is 0. The maximum atomic E-state index is 4.32. The highest BCUT2D eigenvalue weighted by Gasteiger charge is 2.05. The van der Waals surface area contributed by atoms with Crippen LogP contribution in [0.1, 0.15) is 13.3 Å². The molecule has 1 aliphatic carbocycles. The Kier molecular flexibility index (Phi) is 2.42. The topological polar surface area (TPSA) is 0 Å². The lowest BCUT2D eigenvalue weighted by molar-refractivity contribution is 1.04. The van der Waals surface area contributed by atoms with E-state index in [-0.39, 0.29) is 0 Å². The van der Waals surface area contributed by atoms with Crippen LogP contribution in [-0.2, 0) is 0 Å². The molecule has 0 radical (unpaired) electrons. The van der Waals surface area contributed by atoms with Gasteiger partial charge in [0.05, 0.1) is 0 Å². The van der Waals surface area contributed by atoms with Crippen molar-refractivity contribution in [3.8, 4) is 0 Å². The summed E-state index contributed by atoms with van der Waals surface area (Å²) in [6.45, 7) is 2.09. The standard InChI is InChI=1S/C7H9BrS/c1-5-4-6(9)2-3-7(5)8/h3-4,6,9H,2H2,1H3. The number of allylic oxidation sites excluding steroid dienone is 3. The van der Waals surface area contributed by atoms with E-state index in [1.54, 1.807) is 0 Å². The SMILES string of the molecule is CC1=CC(S)CC=C1Br. The van der Waals surface area contributed by atoms with Crippen LogP contribution in [-0.4, -0.2) is 5.25 Å². The van der Waals surface area contributed by atoms with Gasteiger partial charge >= 0.3 is 0 Å². The number of halogens is 1. The second-order valence-electron chi connectivity index (χ2n) is 2.20. The van der Waals surface area contributed by atoms with Gasteiger partial charge in [0.15, 0.2) is 0 Å². The smallest absolute Gasteiger partial charge is 0.0237 e. The Morgan fingerprint density at radius 3 is 2.89 bits per heavy atom. The van der Waals surface area contributed by atoms with Crippen LogP contribution in [0, 0.1) is 0 Å². The highest BCUT2D eigenvalue weighted by atomic mass is 79.9. The molecule has 9 heavy (non-hydrogen) atoms. The van der Waals surface area contributed by atoms with Crippen LogP contribution >= 0.6 is 28.6 Å². The normalized spacial score (nSPS) is 27.2. The molecular formula is C7H9BrS. The van der Waals surface area contributed by atoms with Gasteiger partial charge in [-0.3, -0.25) is 0 Å². The lowest BCUT2D eigenvalue weighted by Gasteiger charge is -2.10. The lowest BCUT2D eigenvalue weighted by atomic mass is 10.1. The molecule has 0 nitrogen and oxygen atoms in total. The summed E-state index contributed by atoms with van der Waals surface area (Å²) >= 11 is 7.76. The molecule has 2 heteroatoms. The van der Waals surface area contributed by atoms with Gasteiger partial charge in [-0.1, -0.05) is 28.1 Å². The maximum absolute atomic E-state index is 4.32. The number of thiol groups is 1. The van der Waals surface area contributed by atoms with Gasteiger partial charge in [0.1, 0.15) is 0 Å². The maximum Gasteiger partial charge on any atom is 0.0237 e. The molecule has 1 rings (SSSR count). The first-order valence-corrected chi connectivity index (χ1v) is 4.23. The summed E-state index contributed by atoms with van der Waals surface area (Å²) in [5.41, 5.74) is 1.29. The molecule has 0 saturated heterocycles. The Labute approximate surface area is 69.6 Å². The first-order chi connectivity index (χ1) is 4.20. The third-order valence-corrected chi connectivity index (χ3v) is 2.67. The fourth-order valence-electron chi connectivity index (χ4n) is 0.821. The molecule has 0 spiro atoms. The minimum Gasteiger partial charge on any atom is -0.171 e. The van der Waals surface area contributed by atoms with Crippen molar-refractivity contribution in [2.24, 2.45) is 0 Å². The van der Waals surface area contributed by atoms with Crippen LogP contribution in [0.2, 0.25) is 0 Å². The summed E-state index contributed by atoms with van der Waals surface area (Å²) in [6, 6.07) is 0.